The minimum Gasteiger partial charge on any atom is -0.333 e. The van der Waals surface area contributed by atoms with Crippen LogP contribution in [0.2, 0.25) is 0 Å². The molecule has 0 atom stereocenters. The number of hydrogen-bond donors (Lipinski definition) is 0. The molecule has 5 nitrogen and oxygen atoms in total. The zero-order valence-corrected chi connectivity index (χ0v) is 9.07. The maximum Gasteiger partial charge on any atom is 0.326 e. The van der Waals surface area contributed by atoms with Crippen molar-refractivity contribution in [1.29, 1.82) is 0 Å². The number of rotatable bonds is 5. The van der Waals surface area contributed by atoms with E-state index < -0.39 is 11.9 Å². The van der Waals surface area contributed by atoms with Crippen molar-refractivity contribution in [2.75, 3.05) is 6.54 Å². The van der Waals surface area contributed by atoms with Gasteiger partial charge in [-0.2, -0.15) is 0 Å². The third kappa shape index (κ3) is 7.54. The normalized spacial score (nSPS) is 10.4. The van der Waals surface area contributed by atoms with Crippen molar-refractivity contribution in [3.05, 3.63) is 0 Å². The van der Waals surface area contributed by atoms with Gasteiger partial charge in [-0.25, -0.2) is 0 Å². The van der Waals surface area contributed by atoms with Crippen LogP contribution in [0.15, 0.2) is 0 Å². The molecule has 0 aliphatic carbocycles. The fourth-order valence-electron chi connectivity index (χ4n) is 0.760. The summed E-state index contributed by atoms with van der Waals surface area (Å²) in [5.74, 6) is -0.561. The van der Waals surface area contributed by atoms with Crippen molar-refractivity contribution in [3.63, 3.8) is 0 Å². The van der Waals surface area contributed by atoms with E-state index in [0.717, 1.165) is 11.6 Å². The molecule has 0 unspecified atom stereocenters. The highest BCUT2D eigenvalue weighted by Gasteiger charge is 2.12. The zero-order valence-electron chi connectivity index (χ0n) is 9.07. The molecule has 0 saturated carbocycles. The number of carbonyl (C=O) groups is 2. The van der Waals surface area contributed by atoms with Gasteiger partial charge in [-0.05, 0) is 12.3 Å². The number of nitrogens with zero attached hydrogens (tertiary/aromatic N) is 1. The molecule has 0 aromatic carbocycles. The lowest BCUT2D eigenvalue weighted by molar-refractivity contribution is -0.323. The first-order valence-corrected chi connectivity index (χ1v) is 4.56. The Kier molecular flexibility index (Phi) is 5.87. The molecule has 0 heterocycles. The van der Waals surface area contributed by atoms with E-state index in [2.05, 4.69) is 9.68 Å². The lowest BCUT2D eigenvalue weighted by Gasteiger charge is -2.18. The van der Waals surface area contributed by atoms with Gasteiger partial charge in [0.1, 0.15) is 0 Å². The molecule has 14 heavy (non-hydrogen) atoms. The van der Waals surface area contributed by atoms with Crippen LogP contribution >= 0.6 is 0 Å². The Labute approximate surface area is 83.9 Å². The van der Waals surface area contributed by atoms with Gasteiger partial charge in [-0.1, -0.05) is 13.8 Å². The Morgan fingerprint density at radius 1 is 1.14 bits per heavy atom. The molecule has 0 fully saturated rings. The largest absolute Gasteiger partial charge is 0.333 e. The molecular weight excluding hydrogens is 186 g/mol. The lowest BCUT2D eigenvalue weighted by atomic mass is 10.1. The molecule has 5 heteroatoms. The molecule has 0 aromatic heterocycles. The van der Waals surface area contributed by atoms with E-state index in [1.165, 1.54) is 13.8 Å². The first-order valence-electron chi connectivity index (χ1n) is 4.56. The number of hydrogen-bond acceptors (Lipinski definition) is 5. The van der Waals surface area contributed by atoms with Crippen LogP contribution in [0.4, 0.5) is 0 Å². The van der Waals surface area contributed by atoms with E-state index in [4.69, 9.17) is 0 Å². The Morgan fingerprint density at radius 2 is 1.57 bits per heavy atom. The average Bonchev–Trinajstić information content (AvgIpc) is 1.97. The van der Waals surface area contributed by atoms with Crippen LogP contribution in [-0.2, 0) is 19.3 Å². The van der Waals surface area contributed by atoms with Crippen molar-refractivity contribution >= 4 is 11.9 Å². The van der Waals surface area contributed by atoms with Crippen LogP contribution in [0, 0.1) is 5.92 Å². The van der Waals surface area contributed by atoms with E-state index in [0.29, 0.717) is 12.5 Å². The van der Waals surface area contributed by atoms with E-state index in [1.54, 1.807) is 0 Å². The maximum atomic E-state index is 10.6. The quantitative estimate of drug-likeness (QED) is 0.630. The summed E-state index contributed by atoms with van der Waals surface area (Å²) in [5, 5.41) is 0.921. The summed E-state index contributed by atoms with van der Waals surface area (Å²) in [6.07, 6.45) is 0.778. The van der Waals surface area contributed by atoms with Gasteiger partial charge in [-0.15, -0.1) is 0 Å². The van der Waals surface area contributed by atoms with Crippen LogP contribution < -0.4 is 0 Å². The van der Waals surface area contributed by atoms with Crippen LogP contribution in [0.3, 0.4) is 0 Å². The Balaban J connectivity index is 3.96. The third-order valence-corrected chi connectivity index (χ3v) is 1.35. The summed E-state index contributed by atoms with van der Waals surface area (Å²) in [6.45, 7) is 6.95. The number of carbonyl (C=O) groups excluding carboxylic acids is 2. The van der Waals surface area contributed by atoms with Crippen LogP contribution in [0.25, 0.3) is 0 Å². The first kappa shape index (κ1) is 12.9. The molecule has 0 N–H and O–H groups in total. The predicted octanol–water partition coefficient (Wildman–Crippen LogP) is 1.29. The summed E-state index contributed by atoms with van der Waals surface area (Å²) in [4.78, 5) is 30.6. The summed E-state index contributed by atoms with van der Waals surface area (Å²) < 4.78 is 0. The summed E-state index contributed by atoms with van der Waals surface area (Å²) in [7, 11) is 0. The monoisotopic (exact) mass is 203 g/mol. The summed E-state index contributed by atoms with van der Waals surface area (Å²) >= 11 is 0. The van der Waals surface area contributed by atoms with Gasteiger partial charge in [0.15, 0.2) is 0 Å². The van der Waals surface area contributed by atoms with Gasteiger partial charge in [-0.3, -0.25) is 9.59 Å². The molecule has 0 aliphatic heterocycles. The van der Waals surface area contributed by atoms with Gasteiger partial charge in [0, 0.05) is 19.1 Å². The number of hydroxylamine groups is 2. The molecule has 0 aromatic rings. The van der Waals surface area contributed by atoms with Crippen molar-refractivity contribution in [2.45, 2.75) is 34.1 Å². The van der Waals surface area contributed by atoms with Crippen molar-refractivity contribution < 1.29 is 19.3 Å². The maximum absolute atomic E-state index is 10.6. The molecule has 82 valence electrons. The smallest absolute Gasteiger partial charge is 0.326 e. The van der Waals surface area contributed by atoms with Crippen LogP contribution in [0.5, 0.6) is 0 Å². The van der Waals surface area contributed by atoms with Crippen molar-refractivity contribution in [2.24, 2.45) is 5.92 Å². The summed E-state index contributed by atoms with van der Waals surface area (Å²) in [5.41, 5.74) is 0. The standard InChI is InChI=1S/C9H17NO4/c1-7(2)5-6-10(13-8(3)11)14-9(4)12/h7H,5-6H2,1-4H3. The lowest BCUT2D eigenvalue weighted by Crippen LogP contribution is -2.30. The Hall–Kier alpha value is -1.10. The molecule has 0 radical (unpaired) electrons. The second kappa shape index (κ2) is 6.37. The molecule has 0 spiro atoms. The highest BCUT2D eigenvalue weighted by molar-refractivity contribution is 5.67. The SMILES string of the molecule is CC(=O)ON(CCC(C)C)OC(C)=O. The molecule has 0 aliphatic rings. The summed E-state index contributed by atoms with van der Waals surface area (Å²) in [6, 6.07) is 0. The van der Waals surface area contributed by atoms with Gasteiger partial charge < -0.3 is 9.68 Å². The molecule has 0 amide bonds. The van der Waals surface area contributed by atoms with Crippen molar-refractivity contribution in [1.82, 2.24) is 5.23 Å². The zero-order chi connectivity index (χ0) is 11.1. The predicted molar refractivity (Wildman–Crippen MR) is 49.7 cm³/mol. The van der Waals surface area contributed by atoms with Gasteiger partial charge in [0.05, 0.1) is 6.54 Å². The van der Waals surface area contributed by atoms with E-state index in [1.807, 2.05) is 13.8 Å². The topological polar surface area (TPSA) is 55.8 Å². The highest BCUT2D eigenvalue weighted by Crippen LogP contribution is 2.03. The Bertz CT molecular complexity index is 187. The minimum atomic E-state index is -0.505. The second-order valence-electron chi connectivity index (χ2n) is 3.40. The van der Waals surface area contributed by atoms with E-state index in [-0.39, 0.29) is 0 Å². The fourth-order valence-corrected chi connectivity index (χ4v) is 0.760. The third-order valence-electron chi connectivity index (χ3n) is 1.35. The molecule has 0 bridgehead atoms. The van der Waals surface area contributed by atoms with Crippen molar-refractivity contribution in [3.8, 4) is 0 Å². The fraction of sp³-hybridized carbons (Fsp3) is 0.778. The minimum absolute atomic E-state index is 0.386. The average molecular weight is 203 g/mol. The molecular formula is C9H17NO4. The molecule has 0 saturated heterocycles. The van der Waals surface area contributed by atoms with Crippen LogP contribution in [-0.4, -0.2) is 23.7 Å². The second-order valence-corrected chi connectivity index (χ2v) is 3.40. The first-order chi connectivity index (χ1) is 6.41. The van der Waals surface area contributed by atoms with E-state index >= 15 is 0 Å². The van der Waals surface area contributed by atoms with Gasteiger partial charge >= 0.3 is 11.9 Å². The Morgan fingerprint density at radius 3 is 1.86 bits per heavy atom. The van der Waals surface area contributed by atoms with E-state index in [9.17, 15) is 9.59 Å². The van der Waals surface area contributed by atoms with Crippen LogP contribution in [0.1, 0.15) is 34.1 Å². The van der Waals surface area contributed by atoms with Gasteiger partial charge in [0.25, 0.3) is 0 Å². The van der Waals surface area contributed by atoms with Gasteiger partial charge in [0.2, 0.25) is 0 Å². The molecule has 0 rings (SSSR count). The highest BCUT2D eigenvalue weighted by atomic mass is 17.0.